The molecule has 20 heavy (non-hydrogen) atoms. The van der Waals surface area contributed by atoms with Gasteiger partial charge in [-0.25, -0.2) is 0 Å². The van der Waals surface area contributed by atoms with Crippen LogP contribution in [0.15, 0.2) is 18.2 Å². The lowest BCUT2D eigenvalue weighted by Crippen LogP contribution is -2.50. The van der Waals surface area contributed by atoms with Gasteiger partial charge in [-0.15, -0.1) is 0 Å². The summed E-state index contributed by atoms with van der Waals surface area (Å²) in [4.78, 5) is 14.4. The lowest BCUT2D eigenvalue weighted by molar-refractivity contribution is -0.121. The average molecular weight is 276 g/mol. The Bertz CT molecular complexity index is 487. The fraction of sp³-hybridized carbons (Fsp3) is 0.562. The van der Waals surface area contributed by atoms with Crippen molar-refractivity contribution in [2.24, 2.45) is 0 Å². The molecule has 4 heteroatoms. The van der Waals surface area contributed by atoms with Crippen LogP contribution >= 0.6 is 0 Å². The van der Waals surface area contributed by atoms with Crippen LogP contribution in [0.2, 0.25) is 0 Å². The Balaban J connectivity index is 1.96. The number of morpholine rings is 1. The lowest BCUT2D eigenvalue weighted by atomic mass is 10.1. The molecule has 1 aromatic rings. The molecule has 1 aliphatic heterocycles. The highest BCUT2D eigenvalue weighted by Gasteiger charge is 2.25. The Labute approximate surface area is 121 Å². The topological polar surface area (TPSA) is 41.6 Å². The highest BCUT2D eigenvalue weighted by molar-refractivity contribution is 5.93. The quantitative estimate of drug-likeness (QED) is 0.921. The summed E-state index contributed by atoms with van der Waals surface area (Å²) in [5, 5.41) is 3.01. The molecule has 4 nitrogen and oxygen atoms in total. The normalized spacial score (nSPS) is 23.6. The van der Waals surface area contributed by atoms with Gasteiger partial charge in [-0.05, 0) is 44.9 Å². The van der Waals surface area contributed by atoms with Crippen LogP contribution in [0.25, 0.3) is 0 Å². The zero-order valence-electron chi connectivity index (χ0n) is 12.8. The first-order chi connectivity index (χ1) is 9.47. The molecule has 0 radical (unpaired) electrons. The molecule has 110 valence electrons. The van der Waals surface area contributed by atoms with Crippen LogP contribution in [0.4, 0.5) is 5.69 Å². The summed E-state index contributed by atoms with van der Waals surface area (Å²) in [6.45, 7) is 10.1. The zero-order valence-corrected chi connectivity index (χ0v) is 12.8. The van der Waals surface area contributed by atoms with Crippen LogP contribution < -0.4 is 5.32 Å². The molecule has 0 aromatic heterocycles. The number of amides is 1. The minimum atomic E-state index is 0.0413. The molecule has 0 bridgehead atoms. The van der Waals surface area contributed by atoms with Crippen molar-refractivity contribution in [2.45, 2.75) is 39.8 Å². The number of benzene rings is 1. The average Bonchev–Trinajstić information content (AvgIpc) is 2.39. The monoisotopic (exact) mass is 276 g/mol. The van der Waals surface area contributed by atoms with Crippen molar-refractivity contribution in [1.29, 1.82) is 0 Å². The van der Waals surface area contributed by atoms with Gasteiger partial charge in [-0.1, -0.05) is 12.1 Å². The Morgan fingerprint density at radius 1 is 1.40 bits per heavy atom. The largest absolute Gasteiger partial charge is 0.376 e. The molecule has 2 unspecified atom stereocenters. The molecule has 1 aliphatic rings. The predicted octanol–water partition coefficient (Wildman–Crippen LogP) is 2.35. The molecule has 1 heterocycles. The number of carbonyl (C=O) groups is 1. The molecule has 0 spiro atoms. The zero-order chi connectivity index (χ0) is 14.7. The van der Waals surface area contributed by atoms with E-state index in [1.165, 1.54) is 5.56 Å². The van der Waals surface area contributed by atoms with E-state index in [1.807, 2.05) is 26.0 Å². The van der Waals surface area contributed by atoms with Crippen LogP contribution in [0.3, 0.4) is 0 Å². The lowest BCUT2D eigenvalue weighted by Gasteiger charge is -2.36. The summed E-state index contributed by atoms with van der Waals surface area (Å²) in [7, 11) is 0. The molecule has 1 saturated heterocycles. The summed E-state index contributed by atoms with van der Waals surface area (Å²) < 4.78 is 5.58. The van der Waals surface area contributed by atoms with E-state index < -0.39 is 0 Å². The molecular formula is C16H24N2O2. The van der Waals surface area contributed by atoms with Crippen molar-refractivity contribution in [3.63, 3.8) is 0 Å². The Hall–Kier alpha value is -1.39. The van der Waals surface area contributed by atoms with Gasteiger partial charge in [0.1, 0.15) is 0 Å². The summed E-state index contributed by atoms with van der Waals surface area (Å²) >= 11 is 0. The molecule has 1 fully saturated rings. The van der Waals surface area contributed by atoms with E-state index in [0.29, 0.717) is 13.2 Å². The fourth-order valence-electron chi connectivity index (χ4n) is 2.45. The van der Waals surface area contributed by atoms with Crippen molar-refractivity contribution < 1.29 is 9.53 Å². The second-order valence-electron chi connectivity index (χ2n) is 5.72. The SMILES string of the molecule is Cc1cccc(NC(=O)CN2CC(C)OCC2C)c1C. The highest BCUT2D eigenvalue weighted by atomic mass is 16.5. The smallest absolute Gasteiger partial charge is 0.238 e. The third-order valence-corrected chi connectivity index (χ3v) is 3.96. The standard InChI is InChI=1S/C16H24N2O2/c1-11-6-5-7-15(14(11)4)17-16(19)9-18-8-13(3)20-10-12(18)2/h5-7,12-13H,8-10H2,1-4H3,(H,17,19). The van der Waals surface area contributed by atoms with Crippen LogP contribution in [0.5, 0.6) is 0 Å². The molecule has 1 amide bonds. The van der Waals surface area contributed by atoms with E-state index in [0.717, 1.165) is 17.8 Å². The summed E-state index contributed by atoms with van der Waals surface area (Å²) in [5.41, 5.74) is 3.23. The molecule has 1 aromatic carbocycles. The first-order valence-corrected chi connectivity index (χ1v) is 7.19. The second kappa shape index (κ2) is 6.37. The number of carbonyl (C=O) groups excluding carboxylic acids is 1. The van der Waals surface area contributed by atoms with Crippen LogP contribution in [-0.4, -0.2) is 42.6 Å². The highest BCUT2D eigenvalue weighted by Crippen LogP contribution is 2.18. The van der Waals surface area contributed by atoms with Crippen LogP contribution in [0, 0.1) is 13.8 Å². The number of aryl methyl sites for hydroxylation is 1. The first-order valence-electron chi connectivity index (χ1n) is 7.19. The van der Waals surface area contributed by atoms with Gasteiger partial charge in [0.15, 0.2) is 0 Å². The van der Waals surface area contributed by atoms with Gasteiger partial charge in [0.2, 0.25) is 5.91 Å². The van der Waals surface area contributed by atoms with Gasteiger partial charge < -0.3 is 10.1 Å². The third-order valence-electron chi connectivity index (χ3n) is 3.96. The number of nitrogens with zero attached hydrogens (tertiary/aromatic N) is 1. The Kier molecular flexibility index (Phi) is 4.78. The third kappa shape index (κ3) is 3.58. The molecule has 2 rings (SSSR count). The van der Waals surface area contributed by atoms with E-state index in [1.54, 1.807) is 0 Å². The first kappa shape index (κ1) is 15.0. The number of nitrogens with one attached hydrogen (secondary N) is 1. The van der Waals surface area contributed by atoms with E-state index in [-0.39, 0.29) is 18.1 Å². The number of hydrogen-bond donors (Lipinski definition) is 1. The molecule has 1 N–H and O–H groups in total. The van der Waals surface area contributed by atoms with Crippen molar-refractivity contribution >= 4 is 11.6 Å². The van der Waals surface area contributed by atoms with Crippen molar-refractivity contribution in [2.75, 3.05) is 25.0 Å². The van der Waals surface area contributed by atoms with Gasteiger partial charge in [0.05, 0.1) is 19.3 Å². The van der Waals surface area contributed by atoms with Gasteiger partial charge in [-0.3, -0.25) is 9.69 Å². The maximum atomic E-state index is 12.2. The van der Waals surface area contributed by atoms with Gasteiger partial charge in [0.25, 0.3) is 0 Å². The van der Waals surface area contributed by atoms with Gasteiger partial charge >= 0.3 is 0 Å². The molecule has 0 aliphatic carbocycles. The molecule has 0 saturated carbocycles. The van der Waals surface area contributed by atoms with Gasteiger partial charge in [-0.2, -0.15) is 0 Å². The minimum absolute atomic E-state index is 0.0413. The number of rotatable bonds is 3. The van der Waals surface area contributed by atoms with Gasteiger partial charge in [0, 0.05) is 18.3 Å². The van der Waals surface area contributed by atoms with Crippen molar-refractivity contribution in [3.8, 4) is 0 Å². The molecule has 2 atom stereocenters. The summed E-state index contributed by atoms with van der Waals surface area (Å²) in [6.07, 6.45) is 0.194. The van der Waals surface area contributed by atoms with Crippen LogP contribution in [-0.2, 0) is 9.53 Å². The Morgan fingerprint density at radius 2 is 2.15 bits per heavy atom. The molecular weight excluding hydrogens is 252 g/mol. The van der Waals surface area contributed by atoms with E-state index in [2.05, 4.69) is 30.1 Å². The number of hydrogen-bond acceptors (Lipinski definition) is 3. The minimum Gasteiger partial charge on any atom is -0.376 e. The van der Waals surface area contributed by atoms with E-state index in [9.17, 15) is 4.79 Å². The number of ether oxygens (including phenoxy) is 1. The maximum Gasteiger partial charge on any atom is 0.238 e. The van der Waals surface area contributed by atoms with E-state index >= 15 is 0 Å². The predicted molar refractivity (Wildman–Crippen MR) is 81.0 cm³/mol. The van der Waals surface area contributed by atoms with Crippen LogP contribution in [0.1, 0.15) is 25.0 Å². The summed E-state index contributed by atoms with van der Waals surface area (Å²) in [6, 6.07) is 6.26. The summed E-state index contributed by atoms with van der Waals surface area (Å²) in [5.74, 6) is 0.0413. The maximum absolute atomic E-state index is 12.2. The van der Waals surface area contributed by atoms with Crippen molar-refractivity contribution in [1.82, 2.24) is 4.90 Å². The second-order valence-corrected chi connectivity index (χ2v) is 5.72. The Morgan fingerprint density at radius 3 is 2.90 bits per heavy atom. The number of anilines is 1. The van der Waals surface area contributed by atoms with Crippen molar-refractivity contribution in [3.05, 3.63) is 29.3 Å². The van der Waals surface area contributed by atoms with E-state index in [4.69, 9.17) is 4.74 Å². The fourth-order valence-corrected chi connectivity index (χ4v) is 2.45.